The van der Waals surface area contributed by atoms with Crippen molar-refractivity contribution in [3.63, 3.8) is 0 Å². The minimum atomic E-state index is -2.87. The highest BCUT2D eigenvalue weighted by molar-refractivity contribution is 7.91. The third-order valence-electron chi connectivity index (χ3n) is 4.15. The highest BCUT2D eigenvalue weighted by Crippen LogP contribution is 2.25. The number of sulfone groups is 1. The minimum Gasteiger partial charge on any atom is -0.370 e. The first-order valence-corrected chi connectivity index (χ1v) is 9.50. The summed E-state index contributed by atoms with van der Waals surface area (Å²) in [7, 11) is -2.87. The molecule has 3 rings (SSSR count). The van der Waals surface area contributed by atoms with Gasteiger partial charge in [-0.2, -0.15) is 0 Å². The van der Waals surface area contributed by atoms with Crippen LogP contribution in [0, 0.1) is 6.92 Å². The number of rotatable bonds is 4. The Balaban J connectivity index is 1.79. The van der Waals surface area contributed by atoms with Crippen molar-refractivity contribution in [3.8, 4) is 0 Å². The Morgan fingerprint density at radius 1 is 1.33 bits per heavy atom. The number of aromatic nitrogens is 1. The zero-order chi connectivity index (χ0) is 14.9. The second-order valence-electron chi connectivity index (χ2n) is 6.10. The Morgan fingerprint density at radius 3 is 2.90 bits per heavy atom. The van der Waals surface area contributed by atoms with Crippen LogP contribution in [0.4, 0.5) is 5.69 Å². The molecule has 0 spiro atoms. The van der Waals surface area contributed by atoms with Gasteiger partial charge in [-0.1, -0.05) is 0 Å². The lowest BCUT2D eigenvalue weighted by atomic mass is 10.1. The molecule has 5 nitrogen and oxygen atoms in total. The smallest absolute Gasteiger partial charge is 0.152 e. The van der Waals surface area contributed by atoms with Crippen molar-refractivity contribution in [2.45, 2.75) is 38.8 Å². The minimum absolute atomic E-state index is 0.254. The standard InChI is InChI=1S/C15H23N3O2S/c1-12-9-15(13(10-16-12)11-17-14-3-4-14)18-5-2-7-21(19,20)8-6-18/h9-10,14,17H,2-8,11H2,1H3. The van der Waals surface area contributed by atoms with Crippen LogP contribution in [0.15, 0.2) is 12.3 Å². The Kier molecular flexibility index (Phi) is 4.17. The fourth-order valence-corrected chi connectivity index (χ4v) is 4.00. The van der Waals surface area contributed by atoms with Crippen LogP contribution in [0.5, 0.6) is 0 Å². The first-order chi connectivity index (χ1) is 10.0. The van der Waals surface area contributed by atoms with Crippen molar-refractivity contribution in [2.75, 3.05) is 29.5 Å². The monoisotopic (exact) mass is 309 g/mol. The van der Waals surface area contributed by atoms with Gasteiger partial charge in [-0.3, -0.25) is 4.98 Å². The van der Waals surface area contributed by atoms with E-state index >= 15 is 0 Å². The van der Waals surface area contributed by atoms with Crippen LogP contribution >= 0.6 is 0 Å². The van der Waals surface area contributed by atoms with E-state index in [9.17, 15) is 8.42 Å². The molecule has 0 unspecified atom stereocenters. The van der Waals surface area contributed by atoms with E-state index in [1.165, 1.54) is 18.4 Å². The van der Waals surface area contributed by atoms with Gasteiger partial charge in [-0.25, -0.2) is 8.42 Å². The number of nitrogens with zero attached hydrogens (tertiary/aromatic N) is 2. The summed E-state index contributed by atoms with van der Waals surface area (Å²) in [6, 6.07) is 2.74. The molecule has 1 N–H and O–H groups in total. The van der Waals surface area contributed by atoms with E-state index in [2.05, 4.69) is 21.3 Å². The van der Waals surface area contributed by atoms with Crippen LogP contribution in [-0.2, 0) is 16.4 Å². The molecule has 1 aliphatic heterocycles. The Hall–Kier alpha value is -1.14. The first kappa shape index (κ1) is 14.8. The normalized spacial score (nSPS) is 22.0. The molecule has 2 aliphatic rings. The number of pyridine rings is 1. The second kappa shape index (κ2) is 5.93. The van der Waals surface area contributed by atoms with E-state index in [1.54, 1.807) is 0 Å². The van der Waals surface area contributed by atoms with Gasteiger partial charge in [0, 0.05) is 48.8 Å². The van der Waals surface area contributed by atoms with Crippen molar-refractivity contribution >= 4 is 15.5 Å². The summed E-state index contributed by atoms with van der Waals surface area (Å²) < 4.78 is 23.5. The maximum atomic E-state index is 11.8. The molecule has 1 saturated heterocycles. The predicted octanol–water partition coefficient (Wildman–Crippen LogP) is 1.27. The maximum Gasteiger partial charge on any atom is 0.152 e. The second-order valence-corrected chi connectivity index (χ2v) is 8.41. The van der Waals surface area contributed by atoms with Gasteiger partial charge in [-0.15, -0.1) is 0 Å². The fraction of sp³-hybridized carbons (Fsp3) is 0.667. The van der Waals surface area contributed by atoms with Crippen LogP contribution < -0.4 is 10.2 Å². The van der Waals surface area contributed by atoms with Gasteiger partial charge >= 0.3 is 0 Å². The van der Waals surface area contributed by atoms with Gasteiger partial charge in [-0.05, 0) is 32.3 Å². The Labute approximate surface area is 126 Å². The van der Waals surface area contributed by atoms with Gasteiger partial charge in [0.2, 0.25) is 0 Å². The summed E-state index contributed by atoms with van der Waals surface area (Å²) in [6.45, 7) is 4.19. The molecule has 0 radical (unpaired) electrons. The molecule has 0 atom stereocenters. The lowest BCUT2D eigenvalue weighted by molar-refractivity contribution is 0.597. The number of hydrogen-bond acceptors (Lipinski definition) is 5. The van der Waals surface area contributed by atoms with E-state index < -0.39 is 9.84 Å². The van der Waals surface area contributed by atoms with Crippen LogP contribution in [-0.4, -0.2) is 44.0 Å². The molecule has 0 bridgehead atoms. The number of nitrogens with one attached hydrogen (secondary N) is 1. The molecule has 6 heteroatoms. The Bertz CT molecular complexity index is 611. The average molecular weight is 309 g/mol. The van der Waals surface area contributed by atoms with E-state index in [1.807, 2.05) is 13.1 Å². The summed E-state index contributed by atoms with van der Waals surface area (Å²) in [5.41, 5.74) is 3.30. The highest BCUT2D eigenvalue weighted by Gasteiger charge is 2.23. The van der Waals surface area contributed by atoms with Crippen molar-refractivity contribution in [3.05, 3.63) is 23.5 Å². The zero-order valence-corrected chi connectivity index (χ0v) is 13.3. The highest BCUT2D eigenvalue weighted by atomic mass is 32.2. The summed E-state index contributed by atoms with van der Waals surface area (Å²) in [5.74, 6) is 0.563. The predicted molar refractivity (Wildman–Crippen MR) is 84.3 cm³/mol. The SMILES string of the molecule is Cc1cc(N2CCCS(=O)(=O)CC2)c(CNC2CC2)cn1. The maximum absolute atomic E-state index is 11.8. The Morgan fingerprint density at radius 2 is 2.14 bits per heavy atom. The van der Waals surface area contributed by atoms with Crippen molar-refractivity contribution in [1.29, 1.82) is 0 Å². The van der Waals surface area contributed by atoms with E-state index in [-0.39, 0.29) is 5.75 Å². The quantitative estimate of drug-likeness (QED) is 0.907. The fourth-order valence-electron chi connectivity index (χ4n) is 2.73. The molecule has 21 heavy (non-hydrogen) atoms. The van der Waals surface area contributed by atoms with Gasteiger partial charge in [0.1, 0.15) is 0 Å². The molecule has 0 amide bonds. The summed E-state index contributed by atoms with van der Waals surface area (Å²) in [6.07, 6.45) is 5.16. The van der Waals surface area contributed by atoms with Crippen molar-refractivity contribution < 1.29 is 8.42 Å². The van der Waals surface area contributed by atoms with Gasteiger partial charge in [0.25, 0.3) is 0 Å². The third-order valence-corrected chi connectivity index (χ3v) is 5.87. The number of hydrogen-bond donors (Lipinski definition) is 1. The first-order valence-electron chi connectivity index (χ1n) is 7.68. The molecular weight excluding hydrogens is 286 g/mol. The molecule has 1 saturated carbocycles. The molecule has 1 aromatic rings. The van der Waals surface area contributed by atoms with Crippen LogP contribution in [0.3, 0.4) is 0 Å². The zero-order valence-electron chi connectivity index (χ0n) is 12.5. The van der Waals surface area contributed by atoms with Crippen LogP contribution in [0.2, 0.25) is 0 Å². The summed E-state index contributed by atoms with van der Waals surface area (Å²) in [4.78, 5) is 6.61. The van der Waals surface area contributed by atoms with Gasteiger partial charge in [0.05, 0.1) is 11.5 Å². The lowest BCUT2D eigenvalue weighted by Crippen LogP contribution is -2.29. The lowest BCUT2D eigenvalue weighted by Gasteiger charge is -2.25. The molecule has 1 aromatic heterocycles. The van der Waals surface area contributed by atoms with Gasteiger partial charge < -0.3 is 10.2 Å². The number of aryl methyl sites for hydroxylation is 1. The summed E-state index contributed by atoms with van der Waals surface area (Å²) in [5, 5.41) is 3.52. The molecule has 116 valence electrons. The summed E-state index contributed by atoms with van der Waals surface area (Å²) >= 11 is 0. The molecule has 2 fully saturated rings. The largest absolute Gasteiger partial charge is 0.370 e. The van der Waals surface area contributed by atoms with Crippen molar-refractivity contribution in [2.24, 2.45) is 0 Å². The van der Waals surface area contributed by atoms with Crippen LogP contribution in [0.1, 0.15) is 30.5 Å². The molecule has 0 aromatic carbocycles. The average Bonchev–Trinajstić information content (AvgIpc) is 3.25. The number of anilines is 1. The molecule has 2 heterocycles. The topological polar surface area (TPSA) is 62.3 Å². The van der Waals surface area contributed by atoms with E-state index in [4.69, 9.17) is 0 Å². The molecule has 1 aliphatic carbocycles. The van der Waals surface area contributed by atoms with Gasteiger partial charge in [0.15, 0.2) is 9.84 Å². The van der Waals surface area contributed by atoms with E-state index in [0.29, 0.717) is 24.8 Å². The van der Waals surface area contributed by atoms with Crippen molar-refractivity contribution in [1.82, 2.24) is 10.3 Å². The van der Waals surface area contributed by atoms with Crippen LogP contribution in [0.25, 0.3) is 0 Å². The molecular formula is C15H23N3O2S. The van der Waals surface area contributed by atoms with E-state index in [0.717, 1.165) is 24.5 Å². The third kappa shape index (κ3) is 3.95.